The number of hydrogen-bond acceptors (Lipinski definition) is 8. The zero-order valence-electron chi connectivity index (χ0n) is 14.3. The van der Waals surface area contributed by atoms with Crippen LogP contribution in [-0.2, 0) is 9.47 Å². The molecule has 22 heavy (non-hydrogen) atoms. The molecule has 0 saturated carbocycles. The van der Waals surface area contributed by atoms with Crippen molar-refractivity contribution >= 4 is 11.9 Å². The molecule has 0 aliphatic heterocycles. The number of carbonyl (C=O) groups is 2. The number of esters is 2. The molecular formula is C12H16Li2O8. The Morgan fingerprint density at radius 1 is 0.818 bits per heavy atom. The molecule has 10 heteroatoms. The van der Waals surface area contributed by atoms with Gasteiger partial charge in [0.15, 0.2) is 12.6 Å². The first-order valence-corrected chi connectivity index (χ1v) is 5.56. The number of carbonyl (C=O) groups excluding carboxylic acids is 2. The normalized spacial score (nSPS) is 9.73. The summed E-state index contributed by atoms with van der Waals surface area (Å²) in [5.41, 5.74) is 0.230. The minimum absolute atomic E-state index is 0. The van der Waals surface area contributed by atoms with Gasteiger partial charge in [0.1, 0.15) is 13.2 Å². The van der Waals surface area contributed by atoms with Crippen LogP contribution in [0.3, 0.4) is 0 Å². The molecule has 0 fully saturated rings. The molecule has 0 atom stereocenters. The summed E-state index contributed by atoms with van der Waals surface area (Å²) in [5, 5.41) is 34.2. The fourth-order valence-corrected chi connectivity index (χ4v) is 1.21. The van der Waals surface area contributed by atoms with E-state index in [2.05, 4.69) is 9.47 Å². The summed E-state index contributed by atoms with van der Waals surface area (Å²) in [7, 11) is 0. The van der Waals surface area contributed by atoms with E-state index in [1.807, 2.05) is 0 Å². The van der Waals surface area contributed by atoms with Crippen molar-refractivity contribution in [2.24, 2.45) is 0 Å². The maximum Gasteiger partial charge on any atom is 1.00 e. The summed E-state index contributed by atoms with van der Waals surface area (Å²) in [6.45, 7) is -1.12. The Labute approximate surface area is 153 Å². The number of benzene rings is 1. The molecule has 4 N–H and O–H groups in total. The van der Waals surface area contributed by atoms with Crippen LogP contribution in [0.1, 0.15) is 23.6 Å². The number of rotatable bonds is 6. The van der Waals surface area contributed by atoms with Gasteiger partial charge >= 0.3 is 49.7 Å². The first-order valence-electron chi connectivity index (χ1n) is 5.56. The quantitative estimate of drug-likeness (QED) is 0.231. The fourth-order valence-electron chi connectivity index (χ4n) is 1.21. The summed E-state index contributed by atoms with van der Waals surface area (Å²) in [6.07, 6.45) is -3.50. The van der Waals surface area contributed by atoms with Gasteiger partial charge in [-0.2, -0.15) is 0 Å². The second-order valence-electron chi connectivity index (χ2n) is 3.74. The molecule has 8 nitrogen and oxygen atoms in total. The molecule has 0 saturated heterocycles. The minimum Gasteiger partial charge on any atom is -1.00 e. The molecule has 0 amide bonds. The molecule has 1 rings (SSSR count). The third kappa shape index (κ3) is 8.59. The molecule has 114 valence electrons. The van der Waals surface area contributed by atoms with Gasteiger partial charge in [0.05, 0.1) is 11.1 Å². The predicted molar refractivity (Wildman–Crippen MR) is 65.7 cm³/mol. The number of hydrogen-bond donors (Lipinski definition) is 4. The average molecular weight is 302 g/mol. The maximum atomic E-state index is 11.4. The van der Waals surface area contributed by atoms with E-state index in [0.717, 1.165) is 0 Å². The van der Waals surface area contributed by atoms with Gasteiger partial charge in [-0.1, -0.05) is 0 Å². The molecule has 1 aromatic rings. The van der Waals surface area contributed by atoms with Gasteiger partial charge in [0, 0.05) is 0 Å². The standard InChI is InChI=1S/C12H14O8.2Li.2H/c13-9(14)5-19-11(17)7-1-2-8(4-3-7)12(18)20-6-10(15)16;;;;/h1-4,9-10,13-16H,5-6H2;;;;/q;2*+1;2*-1. The zero-order chi connectivity index (χ0) is 15.1. The number of aliphatic hydroxyl groups excluding tert-OH is 2. The van der Waals surface area contributed by atoms with Crippen molar-refractivity contribution in [2.45, 2.75) is 12.6 Å². The largest absolute Gasteiger partial charge is 1.00 e. The van der Waals surface area contributed by atoms with Crippen LogP contribution in [0.4, 0.5) is 0 Å². The van der Waals surface area contributed by atoms with E-state index in [-0.39, 0.29) is 51.7 Å². The van der Waals surface area contributed by atoms with Crippen molar-refractivity contribution in [3.63, 3.8) is 0 Å². The van der Waals surface area contributed by atoms with Crippen LogP contribution < -0.4 is 37.7 Å². The Bertz CT molecular complexity index is 428. The molecule has 0 radical (unpaired) electrons. The molecule has 0 aromatic heterocycles. The maximum absolute atomic E-state index is 11.4. The van der Waals surface area contributed by atoms with Gasteiger partial charge in [-0.25, -0.2) is 9.59 Å². The topological polar surface area (TPSA) is 134 Å². The molecular weight excluding hydrogens is 286 g/mol. The molecule has 0 aliphatic rings. The van der Waals surface area contributed by atoms with Gasteiger partial charge in [-0.3, -0.25) is 0 Å². The third-order valence-electron chi connectivity index (χ3n) is 2.08. The summed E-state index contributed by atoms with van der Waals surface area (Å²) in [6, 6.07) is 5.16. The predicted octanol–water partition coefficient (Wildman–Crippen LogP) is -7.15. The van der Waals surface area contributed by atoms with Crippen LogP contribution in [0.5, 0.6) is 0 Å². The fraction of sp³-hybridized carbons (Fsp3) is 0.333. The van der Waals surface area contributed by atoms with Crippen LogP contribution in [-0.4, -0.2) is 58.2 Å². The average Bonchev–Trinajstić information content (AvgIpc) is 2.42. The smallest absolute Gasteiger partial charge is 1.00 e. The molecule has 0 heterocycles. The first kappa shape index (κ1) is 23.5. The van der Waals surface area contributed by atoms with Crippen LogP contribution in [0.2, 0.25) is 0 Å². The minimum atomic E-state index is -1.75. The Morgan fingerprint density at radius 2 is 1.09 bits per heavy atom. The molecule has 0 spiro atoms. The van der Waals surface area contributed by atoms with Crippen LogP contribution in [0.25, 0.3) is 0 Å². The van der Waals surface area contributed by atoms with E-state index in [0.29, 0.717) is 0 Å². The Morgan fingerprint density at radius 3 is 1.32 bits per heavy atom. The van der Waals surface area contributed by atoms with Gasteiger partial charge in [0.25, 0.3) is 0 Å². The first-order chi connectivity index (χ1) is 9.40. The Balaban J connectivity index is -0.000000500. The summed E-state index contributed by atoms with van der Waals surface area (Å²) >= 11 is 0. The third-order valence-corrected chi connectivity index (χ3v) is 2.08. The van der Waals surface area contributed by atoms with E-state index >= 15 is 0 Å². The van der Waals surface area contributed by atoms with Crippen molar-refractivity contribution in [3.05, 3.63) is 35.4 Å². The van der Waals surface area contributed by atoms with Crippen LogP contribution in [0.15, 0.2) is 24.3 Å². The van der Waals surface area contributed by atoms with E-state index in [1.165, 1.54) is 24.3 Å². The van der Waals surface area contributed by atoms with Gasteiger partial charge in [-0.05, 0) is 24.3 Å². The monoisotopic (exact) mass is 302 g/mol. The van der Waals surface area contributed by atoms with E-state index in [9.17, 15) is 9.59 Å². The van der Waals surface area contributed by atoms with E-state index in [4.69, 9.17) is 20.4 Å². The number of aliphatic hydroxyl groups is 4. The van der Waals surface area contributed by atoms with Crippen LogP contribution in [0, 0.1) is 0 Å². The Hall–Kier alpha value is -0.805. The second kappa shape index (κ2) is 11.7. The molecule has 0 aliphatic carbocycles. The summed E-state index contributed by atoms with van der Waals surface area (Å²) < 4.78 is 9.10. The van der Waals surface area contributed by atoms with Crippen molar-refractivity contribution in [2.75, 3.05) is 13.2 Å². The zero-order valence-corrected chi connectivity index (χ0v) is 12.3. The SMILES string of the molecule is O=C(OCC(O)O)c1ccc(C(=O)OCC(O)O)cc1.[H-].[H-].[Li+].[Li+]. The van der Waals surface area contributed by atoms with Crippen molar-refractivity contribution < 1.29 is 80.1 Å². The summed E-state index contributed by atoms with van der Waals surface area (Å²) in [5.74, 6) is -1.55. The van der Waals surface area contributed by atoms with Crippen molar-refractivity contribution in [1.29, 1.82) is 0 Å². The van der Waals surface area contributed by atoms with E-state index < -0.39 is 37.7 Å². The number of ether oxygens (including phenoxy) is 2. The van der Waals surface area contributed by atoms with Crippen LogP contribution >= 0.6 is 0 Å². The molecule has 1 aromatic carbocycles. The van der Waals surface area contributed by atoms with Crippen molar-refractivity contribution in [1.82, 2.24) is 0 Å². The Kier molecular flexibility index (Phi) is 12.5. The van der Waals surface area contributed by atoms with Gasteiger partial charge in [0.2, 0.25) is 0 Å². The molecule has 0 unspecified atom stereocenters. The summed E-state index contributed by atoms with van der Waals surface area (Å²) in [4.78, 5) is 22.8. The van der Waals surface area contributed by atoms with Gasteiger partial charge < -0.3 is 32.8 Å². The van der Waals surface area contributed by atoms with Gasteiger partial charge in [-0.15, -0.1) is 0 Å². The van der Waals surface area contributed by atoms with E-state index in [1.54, 1.807) is 0 Å². The second-order valence-corrected chi connectivity index (χ2v) is 3.74. The van der Waals surface area contributed by atoms with Crippen molar-refractivity contribution in [3.8, 4) is 0 Å². The molecule has 0 bridgehead atoms.